The van der Waals surface area contributed by atoms with Crippen molar-refractivity contribution in [3.05, 3.63) is 93.5 Å². The maximum Gasteiger partial charge on any atom is 0.273 e. The van der Waals surface area contributed by atoms with Crippen molar-refractivity contribution in [2.45, 2.75) is 44.7 Å². The van der Waals surface area contributed by atoms with E-state index in [1.807, 2.05) is 48.5 Å². The molecule has 2 amide bonds. The quantitative estimate of drug-likeness (QED) is 0.226. The fourth-order valence-electron chi connectivity index (χ4n) is 5.70. The van der Waals surface area contributed by atoms with Crippen LogP contribution in [0.2, 0.25) is 0 Å². The second-order valence-corrected chi connectivity index (χ2v) is 11.8. The SMILES string of the molecule is COc1cccc(/C=N/NC(=O)c2cc(Br)ccc2NC(=O)c2ccc(CN3CCC(N4CCCCC4)CC3)cc2)c1. The number of likely N-dealkylation sites (tertiary alicyclic amines) is 2. The Morgan fingerprint density at radius 1 is 0.952 bits per heavy atom. The number of halogens is 1. The highest BCUT2D eigenvalue weighted by Gasteiger charge is 2.25. The van der Waals surface area contributed by atoms with E-state index < -0.39 is 5.91 Å². The van der Waals surface area contributed by atoms with Crippen LogP contribution < -0.4 is 15.5 Å². The normalized spacial score (nSPS) is 16.8. The summed E-state index contributed by atoms with van der Waals surface area (Å²) >= 11 is 3.42. The van der Waals surface area contributed by atoms with E-state index in [-0.39, 0.29) is 5.91 Å². The molecule has 8 nitrogen and oxygen atoms in total. The first-order valence-electron chi connectivity index (χ1n) is 14.6. The van der Waals surface area contributed by atoms with E-state index in [4.69, 9.17) is 4.74 Å². The van der Waals surface area contributed by atoms with Crippen LogP contribution >= 0.6 is 15.9 Å². The van der Waals surface area contributed by atoms with E-state index in [0.717, 1.165) is 31.2 Å². The number of hydrazone groups is 1. The molecular weight excluding hydrogens is 594 g/mol. The summed E-state index contributed by atoms with van der Waals surface area (Å²) in [5, 5.41) is 6.96. The Morgan fingerprint density at radius 2 is 1.71 bits per heavy atom. The molecule has 0 unspecified atom stereocenters. The molecule has 0 saturated carbocycles. The van der Waals surface area contributed by atoms with Gasteiger partial charge in [-0.3, -0.25) is 14.5 Å². The van der Waals surface area contributed by atoms with Crippen molar-refractivity contribution in [1.29, 1.82) is 0 Å². The first kappa shape index (κ1) is 29.9. The first-order valence-corrected chi connectivity index (χ1v) is 15.4. The number of hydrogen-bond acceptors (Lipinski definition) is 6. The molecule has 220 valence electrons. The second kappa shape index (κ2) is 14.6. The van der Waals surface area contributed by atoms with E-state index in [2.05, 4.69) is 41.6 Å². The number of methoxy groups -OCH3 is 1. The first-order chi connectivity index (χ1) is 20.5. The minimum atomic E-state index is -0.440. The van der Waals surface area contributed by atoms with Gasteiger partial charge in [0, 0.05) is 22.6 Å². The molecule has 0 bridgehead atoms. The third kappa shape index (κ3) is 8.06. The number of carbonyl (C=O) groups is 2. The molecule has 42 heavy (non-hydrogen) atoms. The maximum atomic E-state index is 13.1. The minimum absolute atomic E-state index is 0.278. The molecule has 0 aliphatic carbocycles. The van der Waals surface area contributed by atoms with Gasteiger partial charge in [0.05, 0.1) is 24.6 Å². The highest BCUT2D eigenvalue weighted by molar-refractivity contribution is 9.10. The third-order valence-corrected chi connectivity index (χ3v) is 8.53. The van der Waals surface area contributed by atoms with Crippen LogP contribution in [0, 0.1) is 0 Å². The van der Waals surface area contributed by atoms with Gasteiger partial charge in [0.1, 0.15) is 5.75 Å². The van der Waals surface area contributed by atoms with Crippen LogP contribution in [0.15, 0.2) is 76.3 Å². The largest absolute Gasteiger partial charge is 0.497 e. The monoisotopic (exact) mass is 631 g/mol. The van der Waals surface area contributed by atoms with Gasteiger partial charge in [-0.2, -0.15) is 5.10 Å². The average molecular weight is 633 g/mol. The summed E-state index contributed by atoms with van der Waals surface area (Å²) in [6, 6.07) is 21.0. The Kier molecular flexibility index (Phi) is 10.4. The van der Waals surface area contributed by atoms with Gasteiger partial charge in [0.15, 0.2) is 0 Å². The lowest BCUT2D eigenvalue weighted by Gasteiger charge is -2.40. The van der Waals surface area contributed by atoms with Gasteiger partial charge in [-0.1, -0.05) is 46.6 Å². The topological polar surface area (TPSA) is 86.3 Å². The molecule has 9 heteroatoms. The lowest BCUT2D eigenvalue weighted by atomic mass is 9.99. The van der Waals surface area contributed by atoms with Crippen LogP contribution in [0.1, 0.15) is 63.9 Å². The van der Waals surface area contributed by atoms with E-state index in [0.29, 0.717) is 27.0 Å². The maximum absolute atomic E-state index is 13.1. The number of nitrogens with one attached hydrogen (secondary N) is 2. The summed E-state index contributed by atoms with van der Waals surface area (Å²) in [6.45, 7) is 5.64. The molecular formula is C33H38BrN5O3. The van der Waals surface area contributed by atoms with E-state index >= 15 is 0 Å². The Bertz CT molecular complexity index is 1400. The summed E-state index contributed by atoms with van der Waals surface area (Å²) in [6.07, 6.45) is 8.07. The molecule has 2 aliphatic heterocycles. The number of hydrogen-bond donors (Lipinski definition) is 2. The second-order valence-electron chi connectivity index (χ2n) is 10.9. The summed E-state index contributed by atoms with van der Waals surface area (Å²) in [5.41, 5.74) is 5.75. The van der Waals surface area contributed by atoms with Crippen molar-refractivity contribution in [3.63, 3.8) is 0 Å². The number of carbonyl (C=O) groups excluding carboxylic acids is 2. The summed E-state index contributed by atoms with van der Waals surface area (Å²) in [7, 11) is 1.59. The number of anilines is 1. The minimum Gasteiger partial charge on any atom is -0.497 e. The van der Waals surface area contributed by atoms with E-state index in [1.54, 1.807) is 25.3 Å². The Hall–Kier alpha value is -3.53. The number of ether oxygens (including phenoxy) is 1. The summed E-state index contributed by atoms with van der Waals surface area (Å²) in [4.78, 5) is 31.3. The highest BCUT2D eigenvalue weighted by atomic mass is 79.9. The molecule has 2 aliphatic rings. The smallest absolute Gasteiger partial charge is 0.273 e. The Morgan fingerprint density at radius 3 is 2.45 bits per heavy atom. The van der Waals surface area contributed by atoms with Crippen LogP contribution in [0.4, 0.5) is 5.69 Å². The van der Waals surface area contributed by atoms with Crippen molar-refractivity contribution in [2.75, 3.05) is 38.6 Å². The average Bonchev–Trinajstić information content (AvgIpc) is 3.03. The molecule has 2 saturated heterocycles. The fraction of sp³-hybridized carbons (Fsp3) is 0.364. The van der Waals surface area contributed by atoms with Crippen molar-refractivity contribution in [2.24, 2.45) is 5.10 Å². The number of amides is 2. The van der Waals surface area contributed by atoms with Crippen LogP contribution in [0.3, 0.4) is 0 Å². The van der Waals surface area contributed by atoms with Crippen molar-refractivity contribution in [3.8, 4) is 5.75 Å². The number of rotatable bonds is 9. The zero-order chi connectivity index (χ0) is 29.3. The molecule has 3 aromatic carbocycles. The Labute approximate surface area is 256 Å². The van der Waals surface area contributed by atoms with Crippen molar-refractivity contribution < 1.29 is 14.3 Å². The van der Waals surface area contributed by atoms with Crippen LogP contribution in [-0.2, 0) is 6.54 Å². The van der Waals surface area contributed by atoms with Crippen LogP contribution in [0.25, 0.3) is 0 Å². The molecule has 3 aromatic rings. The predicted molar refractivity (Wildman–Crippen MR) is 170 cm³/mol. The summed E-state index contributed by atoms with van der Waals surface area (Å²) in [5.74, 6) is -0.0199. The van der Waals surface area contributed by atoms with Gasteiger partial charge in [-0.25, -0.2) is 5.43 Å². The van der Waals surface area contributed by atoms with Gasteiger partial charge in [0.25, 0.3) is 11.8 Å². The number of nitrogens with zero attached hydrogens (tertiary/aromatic N) is 3. The molecule has 0 radical (unpaired) electrons. The third-order valence-electron chi connectivity index (χ3n) is 8.03. The molecule has 2 N–H and O–H groups in total. The zero-order valence-corrected chi connectivity index (χ0v) is 25.6. The fourth-order valence-corrected chi connectivity index (χ4v) is 6.06. The number of benzene rings is 3. The van der Waals surface area contributed by atoms with E-state index in [9.17, 15) is 9.59 Å². The van der Waals surface area contributed by atoms with Gasteiger partial charge >= 0.3 is 0 Å². The molecule has 0 aromatic heterocycles. The van der Waals surface area contributed by atoms with Crippen molar-refractivity contribution in [1.82, 2.24) is 15.2 Å². The molecule has 2 heterocycles. The highest BCUT2D eigenvalue weighted by Crippen LogP contribution is 2.24. The lowest BCUT2D eigenvalue weighted by Crippen LogP contribution is -2.46. The molecule has 2 fully saturated rings. The standard InChI is InChI=1S/C33H38BrN5O3/c1-42-29-7-5-6-25(20-29)22-35-37-33(41)30-21-27(34)12-13-31(30)36-32(40)26-10-8-24(9-11-26)23-38-18-14-28(15-19-38)39-16-3-2-4-17-39/h5-13,20-22,28H,2-4,14-19,23H2,1H3,(H,36,40)(H,37,41)/b35-22+. The van der Waals surface area contributed by atoms with Gasteiger partial charge < -0.3 is 15.0 Å². The van der Waals surface area contributed by atoms with Gasteiger partial charge in [0.2, 0.25) is 0 Å². The number of piperidine rings is 2. The Balaban J connectivity index is 1.15. The van der Waals surface area contributed by atoms with Gasteiger partial charge in [-0.15, -0.1) is 0 Å². The van der Waals surface area contributed by atoms with Crippen molar-refractivity contribution >= 4 is 39.6 Å². The lowest BCUT2D eigenvalue weighted by molar-refractivity contribution is 0.0896. The van der Waals surface area contributed by atoms with E-state index in [1.165, 1.54) is 57.0 Å². The molecule has 5 rings (SSSR count). The zero-order valence-electron chi connectivity index (χ0n) is 24.0. The molecule has 0 atom stereocenters. The van der Waals surface area contributed by atoms with Gasteiger partial charge in [-0.05, 0) is 105 Å². The predicted octanol–water partition coefficient (Wildman–Crippen LogP) is 5.92. The molecule has 0 spiro atoms. The van der Waals surface area contributed by atoms with Crippen LogP contribution in [0.5, 0.6) is 5.75 Å². The van der Waals surface area contributed by atoms with Crippen LogP contribution in [-0.4, -0.2) is 67.2 Å². The summed E-state index contributed by atoms with van der Waals surface area (Å²) < 4.78 is 5.93.